The Hall–Kier alpha value is -5.03. The van der Waals surface area contributed by atoms with Gasteiger partial charge in [0.15, 0.2) is 11.6 Å². The summed E-state index contributed by atoms with van der Waals surface area (Å²) in [7, 11) is 0. The van der Waals surface area contributed by atoms with E-state index >= 15 is 4.39 Å². The number of hydrogen-bond donors (Lipinski definition) is 5. The standard InChI is InChI=1S/C27H34FN5O2.2C2HF3O2/c1-4-34-22-13-20(25(28)24(14-22)35-17(2)3)16-33(21-11-9-19(10-12-21)26(29)30)27-31-15-23(32-27)18-7-5-6-8-18;2*3-2(4,5)1(6)7/h9-15,17-18H,4-8,16H2,1-3H3,(H3,29,30)(H,31,32);2*(H,6,7). The number of nitrogens with one attached hydrogen (secondary N) is 2. The predicted octanol–water partition coefficient (Wildman–Crippen LogP) is 7.28. The minimum Gasteiger partial charge on any atom is -0.494 e. The molecular weight excluding hydrogens is 671 g/mol. The number of amidine groups is 1. The lowest BCUT2D eigenvalue weighted by Crippen LogP contribution is -2.21. The maximum atomic E-state index is 15.6. The molecule has 11 nitrogen and oxygen atoms in total. The zero-order valence-corrected chi connectivity index (χ0v) is 26.6. The van der Waals surface area contributed by atoms with E-state index in [1.807, 2.05) is 44.0 Å². The molecule has 1 aliphatic rings. The molecule has 18 heteroatoms. The summed E-state index contributed by atoms with van der Waals surface area (Å²) in [5, 5.41) is 21.9. The third-order valence-corrected chi connectivity index (χ3v) is 6.70. The van der Waals surface area contributed by atoms with E-state index < -0.39 is 30.1 Å². The average molecular weight is 708 g/mol. The molecule has 0 atom stereocenters. The molecule has 1 aliphatic carbocycles. The lowest BCUT2D eigenvalue weighted by atomic mass is 10.1. The molecule has 0 spiro atoms. The van der Waals surface area contributed by atoms with Crippen LogP contribution >= 0.6 is 0 Å². The molecule has 270 valence electrons. The van der Waals surface area contributed by atoms with Crippen LogP contribution in [0.3, 0.4) is 0 Å². The van der Waals surface area contributed by atoms with Crippen molar-refractivity contribution in [3.63, 3.8) is 0 Å². The molecule has 1 fully saturated rings. The number of nitrogen functional groups attached to an aromatic ring is 1. The second-order valence-electron chi connectivity index (χ2n) is 10.8. The van der Waals surface area contributed by atoms with Crippen LogP contribution in [0, 0.1) is 11.2 Å². The van der Waals surface area contributed by atoms with Crippen LogP contribution in [0.1, 0.15) is 69.2 Å². The summed E-state index contributed by atoms with van der Waals surface area (Å²) in [4.78, 5) is 27.9. The second-order valence-corrected chi connectivity index (χ2v) is 10.8. The van der Waals surface area contributed by atoms with E-state index in [4.69, 9.17) is 40.4 Å². The summed E-state index contributed by atoms with van der Waals surface area (Å²) in [5.74, 6) is -4.11. The van der Waals surface area contributed by atoms with E-state index in [9.17, 15) is 26.3 Å². The molecule has 3 aromatic rings. The number of rotatable bonds is 10. The largest absolute Gasteiger partial charge is 0.494 e. The molecule has 6 N–H and O–H groups in total. The van der Waals surface area contributed by atoms with Crippen LogP contribution < -0.4 is 20.1 Å². The summed E-state index contributed by atoms with van der Waals surface area (Å²) in [6, 6.07) is 10.6. The van der Waals surface area contributed by atoms with Crippen molar-refractivity contribution in [3.05, 3.63) is 65.2 Å². The number of halogens is 7. The van der Waals surface area contributed by atoms with E-state index in [1.54, 1.807) is 24.3 Å². The Kier molecular flexibility index (Phi) is 14.2. The topological polar surface area (TPSA) is 175 Å². The molecule has 2 aromatic carbocycles. The van der Waals surface area contributed by atoms with Gasteiger partial charge in [-0.25, -0.2) is 19.0 Å². The molecule has 1 saturated carbocycles. The molecule has 0 bridgehead atoms. The molecule has 0 unspecified atom stereocenters. The summed E-state index contributed by atoms with van der Waals surface area (Å²) in [6.45, 7) is 6.29. The fraction of sp³-hybridized carbons (Fsp3) is 0.419. The van der Waals surface area contributed by atoms with E-state index in [0.717, 1.165) is 24.2 Å². The highest BCUT2D eigenvalue weighted by Crippen LogP contribution is 2.36. The fourth-order valence-corrected chi connectivity index (χ4v) is 4.52. The number of carboxylic acids is 2. The monoisotopic (exact) mass is 707 g/mol. The van der Waals surface area contributed by atoms with Gasteiger partial charge in [0, 0.05) is 34.5 Å². The van der Waals surface area contributed by atoms with Gasteiger partial charge in [-0.3, -0.25) is 5.41 Å². The Balaban J connectivity index is 0.000000500. The fourth-order valence-electron chi connectivity index (χ4n) is 4.52. The predicted molar refractivity (Wildman–Crippen MR) is 164 cm³/mol. The van der Waals surface area contributed by atoms with Gasteiger partial charge in [-0.2, -0.15) is 26.3 Å². The van der Waals surface area contributed by atoms with Crippen molar-refractivity contribution in [2.75, 3.05) is 11.5 Å². The normalized spacial score (nSPS) is 13.1. The number of H-pyrrole nitrogens is 1. The minimum atomic E-state index is -5.08. The van der Waals surface area contributed by atoms with Crippen molar-refractivity contribution in [3.8, 4) is 11.5 Å². The Labute approximate surface area is 276 Å². The maximum Gasteiger partial charge on any atom is 0.490 e. The number of nitrogens with two attached hydrogens (primary N) is 1. The number of carbonyl (C=O) groups is 2. The van der Waals surface area contributed by atoms with Gasteiger partial charge in [0.2, 0.25) is 5.95 Å². The van der Waals surface area contributed by atoms with Crippen LogP contribution in [0.2, 0.25) is 0 Å². The van der Waals surface area contributed by atoms with Gasteiger partial charge >= 0.3 is 24.3 Å². The number of nitrogens with zero attached hydrogens (tertiary/aromatic N) is 2. The highest BCUT2D eigenvalue weighted by atomic mass is 19.4. The summed E-state index contributed by atoms with van der Waals surface area (Å²) < 4.78 is 90.5. The first-order valence-electron chi connectivity index (χ1n) is 14.7. The van der Waals surface area contributed by atoms with Crippen LogP contribution in [0.15, 0.2) is 42.6 Å². The van der Waals surface area contributed by atoms with E-state index in [-0.39, 0.29) is 24.2 Å². The SMILES string of the molecule is CCOc1cc(CN(c2ccc(C(=N)N)cc2)c2ncc(C3CCCC3)[nH]2)c(F)c(OC(C)C)c1.O=C(O)C(F)(F)F.O=C(O)C(F)(F)F. The molecule has 4 rings (SSSR count). The maximum absolute atomic E-state index is 15.6. The van der Waals surface area contributed by atoms with E-state index in [2.05, 4.69) is 9.97 Å². The van der Waals surface area contributed by atoms with E-state index in [0.29, 0.717) is 35.3 Å². The summed E-state index contributed by atoms with van der Waals surface area (Å²) >= 11 is 0. The van der Waals surface area contributed by atoms with Crippen molar-refractivity contribution in [2.45, 2.75) is 77.4 Å². The lowest BCUT2D eigenvalue weighted by molar-refractivity contribution is -0.193. The highest BCUT2D eigenvalue weighted by molar-refractivity contribution is 5.95. The molecule has 0 saturated heterocycles. The van der Waals surface area contributed by atoms with Crippen molar-refractivity contribution < 1.29 is 60.0 Å². The molecular formula is C31H36F7N5O6. The Bertz CT molecular complexity index is 1530. The first kappa shape index (κ1) is 40.1. The second kappa shape index (κ2) is 17.4. The van der Waals surface area contributed by atoms with Crippen molar-refractivity contribution in [2.24, 2.45) is 5.73 Å². The molecule has 0 amide bonds. The number of ether oxygens (including phenoxy) is 2. The number of hydrogen-bond acceptors (Lipinski definition) is 7. The molecule has 1 heterocycles. The first-order chi connectivity index (χ1) is 22.7. The smallest absolute Gasteiger partial charge is 0.490 e. The van der Waals surface area contributed by atoms with E-state index in [1.165, 1.54) is 12.8 Å². The quantitative estimate of drug-likeness (QED) is 0.0824. The Morgan fingerprint density at radius 2 is 1.57 bits per heavy atom. The molecule has 49 heavy (non-hydrogen) atoms. The van der Waals surface area contributed by atoms with Crippen molar-refractivity contribution in [1.29, 1.82) is 5.41 Å². The van der Waals surface area contributed by atoms with Gasteiger partial charge in [0.25, 0.3) is 0 Å². The lowest BCUT2D eigenvalue weighted by Gasteiger charge is -2.24. The Morgan fingerprint density at radius 1 is 1.04 bits per heavy atom. The van der Waals surface area contributed by atoms with Crippen LogP contribution in [0.5, 0.6) is 11.5 Å². The van der Waals surface area contributed by atoms with Gasteiger partial charge in [0.1, 0.15) is 11.6 Å². The van der Waals surface area contributed by atoms with Crippen LogP contribution in [-0.4, -0.2) is 63.0 Å². The number of carboxylic acid groups (broad SMARTS) is 2. The van der Waals surface area contributed by atoms with Crippen molar-refractivity contribution in [1.82, 2.24) is 9.97 Å². The summed E-state index contributed by atoms with van der Waals surface area (Å²) in [5.41, 5.74) is 8.60. The number of alkyl halides is 6. The average Bonchev–Trinajstić information content (AvgIpc) is 3.71. The van der Waals surface area contributed by atoms with Crippen molar-refractivity contribution >= 4 is 29.4 Å². The highest BCUT2D eigenvalue weighted by Gasteiger charge is 2.39. The number of aliphatic carboxylic acids is 2. The third kappa shape index (κ3) is 12.5. The third-order valence-electron chi connectivity index (χ3n) is 6.70. The molecule has 0 radical (unpaired) electrons. The van der Waals surface area contributed by atoms with Gasteiger partial charge in [-0.05, 0) is 63.9 Å². The van der Waals surface area contributed by atoms with Gasteiger partial charge < -0.3 is 35.3 Å². The zero-order chi connectivity index (χ0) is 37.1. The van der Waals surface area contributed by atoms with Gasteiger partial charge in [-0.1, -0.05) is 12.8 Å². The Morgan fingerprint density at radius 3 is 2.02 bits per heavy atom. The van der Waals surface area contributed by atoms with Crippen LogP contribution in [-0.2, 0) is 16.1 Å². The molecule has 1 aromatic heterocycles. The number of anilines is 2. The number of benzene rings is 2. The zero-order valence-electron chi connectivity index (χ0n) is 26.6. The number of imidazole rings is 1. The molecule has 0 aliphatic heterocycles. The van der Waals surface area contributed by atoms with Crippen LogP contribution in [0.4, 0.5) is 42.4 Å². The number of aromatic amines is 1. The van der Waals surface area contributed by atoms with Gasteiger partial charge in [-0.15, -0.1) is 0 Å². The summed E-state index contributed by atoms with van der Waals surface area (Å²) in [6.07, 6.45) is -3.70. The minimum absolute atomic E-state index is 0.00412. The number of aromatic nitrogens is 2. The first-order valence-corrected chi connectivity index (χ1v) is 14.7. The van der Waals surface area contributed by atoms with Gasteiger partial charge in [0.05, 0.1) is 25.5 Å². The van der Waals surface area contributed by atoms with Crippen LogP contribution in [0.25, 0.3) is 0 Å².